The van der Waals surface area contributed by atoms with E-state index < -0.39 is 0 Å². The minimum Gasteiger partial charge on any atom is -0.462 e. The van der Waals surface area contributed by atoms with Crippen molar-refractivity contribution in [3.8, 4) is 6.01 Å². The highest BCUT2D eigenvalue weighted by Gasteiger charge is 2.13. The van der Waals surface area contributed by atoms with Gasteiger partial charge in [0.15, 0.2) is 0 Å². The fourth-order valence-corrected chi connectivity index (χ4v) is 1.76. The Bertz CT molecular complexity index is 315. The summed E-state index contributed by atoms with van der Waals surface area (Å²) < 4.78 is 5.46. The Morgan fingerprint density at radius 1 is 1.53 bits per heavy atom. The Morgan fingerprint density at radius 2 is 2.47 bits per heavy atom. The molecule has 1 fully saturated rings. The monoisotopic (exact) mass is 227 g/mol. The first kappa shape index (κ1) is 10.6. The zero-order chi connectivity index (χ0) is 10.5. The van der Waals surface area contributed by atoms with Gasteiger partial charge in [-0.15, -0.1) is 0 Å². The lowest BCUT2D eigenvalue weighted by Gasteiger charge is -2.22. The van der Waals surface area contributed by atoms with E-state index in [0.717, 1.165) is 13.0 Å². The summed E-state index contributed by atoms with van der Waals surface area (Å²) in [5.74, 6) is 0. The molecule has 1 atom stereocenters. The van der Waals surface area contributed by atoms with Crippen LogP contribution >= 0.6 is 11.6 Å². The van der Waals surface area contributed by atoms with E-state index in [1.54, 1.807) is 12.3 Å². The second-order valence-electron chi connectivity index (χ2n) is 3.62. The molecular formula is C10H14ClN3O. The van der Waals surface area contributed by atoms with Crippen LogP contribution in [-0.4, -0.2) is 29.2 Å². The molecule has 1 aliphatic heterocycles. The quantitative estimate of drug-likeness (QED) is 0.798. The SMILES string of the molecule is Clc1ccnc(OCC2CCCCN2)n1. The lowest BCUT2D eigenvalue weighted by Crippen LogP contribution is -2.38. The molecule has 0 radical (unpaired) electrons. The predicted octanol–water partition coefficient (Wildman–Crippen LogP) is 1.65. The smallest absolute Gasteiger partial charge is 0.317 e. The van der Waals surface area contributed by atoms with E-state index >= 15 is 0 Å². The molecule has 5 heteroatoms. The van der Waals surface area contributed by atoms with Crippen molar-refractivity contribution in [1.82, 2.24) is 15.3 Å². The molecular weight excluding hydrogens is 214 g/mol. The first-order chi connectivity index (χ1) is 7.34. The Labute approximate surface area is 94.0 Å². The minimum absolute atomic E-state index is 0.356. The van der Waals surface area contributed by atoms with Crippen molar-refractivity contribution in [2.24, 2.45) is 0 Å². The number of piperidine rings is 1. The Hall–Kier alpha value is -0.870. The maximum Gasteiger partial charge on any atom is 0.317 e. The van der Waals surface area contributed by atoms with Gasteiger partial charge < -0.3 is 10.1 Å². The van der Waals surface area contributed by atoms with E-state index in [2.05, 4.69) is 15.3 Å². The van der Waals surface area contributed by atoms with Crippen LogP contribution in [0, 0.1) is 0 Å². The maximum atomic E-state index is 5.72. The molecule has 0 spiro atoms. The van der Waals surface area contributed by atoms with Crippen LogP contribution in [0.1, 0.15) is 19.3 Å². The van der Waals surface area contributed by atoms with Crippen LogP contribution in [-0.2, 0) is 0 Å². The number of nitrogens with one attached hydrogen (secondary N) is 1. The van der Waals surface area contributed by atoms with E-state index in [-0.39, 0.29) is 0 Å². The Morgan fingerprint density at radius 3 is 3.20 bits per heavy atom. The second kappa shape index (κ2) is 5.28. The van der Waals surface area contributed by atoms with Crippen LogP contribution in [0.5, 0.6) is 6.01 Å². The zero-order valence-corrected chi connectivity index (χ0v) is 9.20. The fourth-order valence-electron chi connectivity index (χ4n) is 1.63. The number of hydrogen-bond acceptors (Lipinski definition) is 4. The molecule has 0 amide bonds. The second-order valence-corrected chi connectivity index (χ2v) is 4.01. The molecule has 4 nitrogen and oxygen atoms in total. The van der Waals surface area contributed by atoms with Gasteiger partial charge in [-0.25, -0.2) is 4.98 Å². The molecule has 1 N–H and O–H groups in total. The van der Waals surface area contributed by atoms with E-state index in [4.69, 9.17) is 16.3 Å². The first-order valence-corrected chi connectivity index (χ1v) is 5.57. The van der Waals surface area contributed by atoms with E-state index in [9.17, 15) is 0 Å². The normalized spacial score (nSPS) is 21.3. The third-order valence-electron chi connectivity index (χ3n) is 2.43. The van der Waals surface area contributed by atoms with Gasteiger partial charge in [-0.1, -0.05) is 18.0 Å². The van der Waals surface area contributed by atoms with Crippen molar-refractivity contribution in [2.75, 3.05) is 13.2 Å². The van der Waals surface area contributed by atoms with Crippen molar-refractivity contribution >= 4 is 11.6 Å². The molecule has 15 heavy (non-hydrogen) atoms. The van der Waals surface area contributed by atoms with Gasteiger partial charge >= 0.3 is 6.01 Å². The van der Waals surface area contributed by atoms with Gasteiger partial charge in [0.2, 0.25) is 0 Å². The number of nitrogens with zero attached hydrogens (tertiary/aromatic N) is 2. The summed E-state index contributed by atoms with van der Waals surface area (Å²) in [6.07, 6.45) is 5.27. The zero-order valence-electron chi connectivity index (χ0n) is 8.45. The van der Waals surface area contributed by atoms with Crippen molar-refractivity contribution in [1.29, 1.82) is 0 Å². The van der Waals surface area contributed by atoms with Gasteiger partial charge in [0.25, 0.3) is 0 Å². The van der Waals surface area contributed by atoms with E-state index in [0.29, 0.717) is 23.8 Å². The molecule has 0 bridgehead atoms. The predicted molar refractivity (Wildman–Crippen MR) is 58.2 cm³/mol. The average molecular weight is 228 g/mol. The van der Waals surface area contributed by atoms with Crippen LogP contribution in [0.25, 0.3) is 0 Å². The average Bonchev–Trinajstić information content (AvgIpc) is 2.28. The number of halogens is 1. The molecule has 2 rings (SSSR count). The van der Waals surface area contributed by atoms with Gasteiger partial charge in [0.1, 0.15) is 11.8 Å². The summed E-state index contributed by atoms with van der Waals surface area (Å²) in [7, 11) is 0. The molecule has 0 saturated carbocycles. The van der Waals surface area contributed by atoms with Crippen molar-refractivity contribution in [3.05, 3.63) is 17.4 Å². The van der Waals surface area contributed by atoms with Crippen LogP contribution in [0.15, 0.2) is 12.3 Å². The number of hydrogen-bond donors (Lipinski definition) is 1. The van der Waals surface area contributed by atoms with Gasteiger partial charge in [-0.3, -0.25) is 0 Å². The van der Waals surface area contributed by atoms with Gasteiger partial charge in [0, 0.05) is 12.2 Å². The molecule has 0 aliphatic carbocycles. The topological polar surface area (TPSA) is 47.0 Å². The molecule has 82 valence electrons. The maximum absolute atomic E-state index is 5.72. The highest BCUT2D eigenvalue weighted by molar-refractivity contribution is 6.29. The fraction of sp³-hybridized carbons (Fsp3) is 0.600. The van der Waals surface area contributed by atoms with Crippen LogP contribution in [0.4, 0.5) is 0 Å². The molecule has 1 aromatic rings. The summed E-state index contributed by atoms with van der Waals surface area (Å²) in [5, 5.41) is 3.80. The Kier molecular flexibility index (Phi) is 3.75. The number of ether oxygens (including phenoxy) is 1. The number of rotatable bonds is 3. The molecule has 1 aliphatic rings. The summed E-state index contributed by atoms with van der Waals surface area (Å²) in [5.41, 5.74) is 0. The van der Waals surface area contributed by atoms with Crippen LogP contribution < -0.4 is 10.1 Å². The Balaban J connectivity index is 1.81. The summed E-state index contributed by atoms with van der Waals surface area (Å²) in [6.45, 7) is 1.69. The van der Waals surface area contributed by atoms with Crippen molar-refractivity contribution < 1.29 is 4.74 Å². The molecule has 1 aromatic heterocycles. The largest absolute Gasteiger partial charge is 0.462 e. The standard InChI is InChI=1S/C10H14ClN3O/c11-9-4-6-13-10(14-9)15-7-8-3-1-2-5-12-8/h4,6,8,12H,1-3,5,7H2. The highest BCUT2D eigenvalue weighted by Crippen LogP contribution is 2.10. The van der Waals surface area contributed by atoms with Crippen molar-refractivity contribution in [2.45, 2.75) is 25.3 Å². The lowest BCUT2D eigenvalue weighted by molar-refractivity contribution is 0.224. The van der Waals surface area contributed by atoms with Crippen molar-refractivity contribution in [3.63, 3.8) is 0 Å². The minimum atomic E-state index is 0.356. The molecule has 1 saturated heterocycles. The third-order valence-corrected chi connectivity index (χ3v) is 2.64. The number of aromatic nitrogens is 2. The van der Waals surface area contributed by atoms with E-state index in [1.807, 2.05) is 0 Å². The first-order valence-electron chi connectivity index (χ1n) is 5.19. The van der Waals surface area contributed by atoms with Gasteiger partial charge in [-0.05, 0) is 25.5 Å². The molecule has 2 heterocycles. The molecule has 1 unspecified atom stereocenters. The summed E-state index contributed by atoms with van der Waals surface area (Å²) in [4.78, 5) is 7.94. The summed E-state index contributed by atoms with van der Waals surface area (Å²) in [6, 6.07) is 2.41. The third kappa shape index (κ3) is 3.32. The van der Waals surface area contributed by atoms with Gasteiger partial charge in [0.05, 0.1) is 0 Å². The van der Waals surface area contributed by atoms with Gasteiger partial charge in [-0.2, -0.15) is 4.98 Å². The van der Waals surface area contributed by atoms with E-state index in [1.165, 1.54) is 12.8 Å². The summed E-state index contributed by atoms with van der Waals surface area (Å²) >= 11 is 5.72. The highest BCUT2D eigenvalue weighted by atomic mass is 35.5. The molecule has 0 aromatic carbocycles. The van der Waals surface area contributed by atoms with Crippen LogP contribution in [0.2, 0.25) is 5.15 Å². The van der Waals surface area contributed by atoms with Crippen LogP contribution in [0.3, 0.4) is 0 Å². The lowest BCUT2D eigenvalue weighted by atomic mass is 10.1.